The van der Waals surface area contributed by atoms with Crippen LogP contribution in [0, 0.1) is 11.7 Å². The Morgan fingerprint density at radius 3 is 2.89 bits per heavy atom. The molecule has 2 fully saturated rings. The minimum Gasteiger partial charge on any atom is -0.368 e. The minimum absolute atomic E-state index is 0.108. The predicted octanol–water partition coefficient (Wildman–Crippen LogP) is 2.92. The number of fused-ring (bicyclic) bond motifs is 2. The molecule has 2 bridgehead atoms. The predicted molar refractivity (Wildman–Crippen MR) is 72.3 cm³/mol. The van der Waals surface area contributed by atoms with E-state index in [0.29, 0.717) is 6.04 Å². The fraction of sp³-hybridized carbons (Fsp3) is 0.600. The van der Waals surface area contributed by atoms with Crippen LogP contribution in [0.15, 0.2) is 18.2 Å². The van der Waals surface area contributed by atoms with Gasteiger partial charge < -0.3 is 10.2 Å². The monoisotopic (exact) mass is 248 g/mol. The van der Waals surface area contributed by atoms with Crippen LogP contribution in [0.2, 0.25) is 0 Å². The van der Waals surface area contributed by atoms with Gasteiger partial charge in [-0.25, -0.2) is 4.39 Å². The lowest BCUT2D eigenvalue weighted by Gasteiger charge is -2.29. The Kier molecular flexibility index (Phi) is 3.25. The Hall–Kier alpha value is -1.09. The van der Waals surface area contributed by atoms with Gasteiger partial charge >= 0.3 is 0 Å². The highest BCUT2D eigenvalue weighted by Crippen LogP contribution is 2.40. The van der Waals surface area contributed by atoms with Gasteiger partial charge in [0.1, 0.15) is 5.82 Å². The van der Waals surface area contributed by atoms with Gasteiger partial charge in [-0.05, 0) is 55.5 Å². The third-order valence-electron chi connectivity index (χ3n) is 4.26. The summed E-state index contributed by atoms with van der Waals surface area (Å²) in [7, 11) is 0. The van der Waals surface area contributed by atoms with Crippen LogP contribution in [0.1, 0.15) is 31.7 Å². The number of rotatable bonds is 4. The molecule has 18 heavy (non-hydrogen) atoms. The molecule has 1 aliphatic heterocycles. The average Bonchev–Trinajstić information content (AvgIpc) is 2.98. The molecule has 1 aliphatic carbocycles. The second-order valence-corrected chi connectivity index (χ2v) is 5.58. The van der Waals surface area contributed by atoms with E-state index in [1.165, 1.54) is 19.3 Å². The first-order valence-corrected chi connectivity index (χ1v) is 7.03. The van der Waals surface area contributed by atoms with Crippen LogP contribution in [-0.4, -0.2) is 19.1 Å². The lowest BCUT2D eigenvalue weighted by Crippen LogP contribution is -2.32. The lowest BCUT2D eigenvalue weighted by atomic mass is 10.1. The van der Waals surface area contributed by atoms with Crippen molar-refractivity contribution in [1.82, 2.24) is 5.32 Å². The van der Waals surface area contributed by atoms with Crippen LogP contribution in [-0.2, 0) is 6.54 Å². The first-order chi connectivity index (χ1) is 8.76. The zero-order valence-corrected chi connectivity index (χ0v) is 11.0. The summed E-state index contributed by atoms with van der Waals surface area (Å²) < 4.78 is 13.7. The summed E-state index contributed by atoms with van der Waals surface area (Å²) in [5, 5.41) is 3.26. The number of halogens is 1. The molecule has 1 aromatic rings. The van der Waals surface area contributed by atoms with Crippen LogP contribution in [0.4, 0.5) is 10.1 Å². The number of anilines is 1. The van der Waals surface area contributed by atoms with Crippen molar-refractivity contribution in [3.05, 3.63) is 29.6 Å². The van der Waals surface area contributed by atoms with Gasteiger partial charge in [-0.2, -0.15) is 0 Å². The van der Waals surface area contributed by atoms with Crippen molar-refractivity contribution in [2.75, 3.05) is 18.0 Å². The van der Waals surface area contributed by atoms with Gasteiger partial charge in [-0.1, -0.05) is 6.92 Å². The van der Waals surface area contributed by atoms with Crippen LogP contribution in [0.25, 0.3) is 0 Å². The lowest BCUT2D eigenvalue weighted by molar-refractivity contribution is 0.551. The highest BCUT2D eigenvalue weighted by molar-refractivity contribution is 5.51. The van der Waals surface area contributed by atoms with Crippen LogP contribution >= 0.6 is 0 Å². The van der Waals surface area contributed by atoms with Gasteiger partial charge in [0, 0.05) is 24.8 Å². The molecule has 1 saturated carbocycles. The van der Waals surface area contributed by atoms with Crippen molar-refractivity contribution < 1.29 is 4.39 Å². The third kappa shape index (κ3) is 2.24. The maximum atomic E-state index is 13.7. The molecule has 2 nitrogen and oxygen atoms in total. The normalized spacial score (nSPS) is 26.0. The van der Waals surface area contributed by atoms with Crippen molar-refractivity contribution in [2.24, 2.45) is 5.92 Å². The van der Waals surface area contributed by atoms with Gasteiger partial charge in [-0.3, -0.25) is 0 Å². The number of benzene rings is 1. The highest BCUT2D eigenvalue weighted by atomic mass is 19.1. The van der Waals surface area contributed by atoms with Gasteiger partial charge in [0.25, 0.3) is 0 Å². The number of hydrogen-bond donors (Lipinski definition) is 1. The zero-order valence-electron chi connectivity index (χ0n) is 11.0. The van der Waals surface area contributed by atoms with E-state index in [-0.39, 0.29) is 5.82 Å². The van der Waals surface area contributed by atoms with Gasteiger partial charge in [0.2, 0.25) is 0 Å². The van der Waals surface area contributed by atoms with Gasteiger partial charge in [0.05, 0.1) is 0 Å². The molecule has 1 saturated heterocycles. The molecule has 2 atom stereocenters. The third-order valence-corrected chi connectivity index (χ3v) is 4.26. The average molecular weight is 248 g/mol. The molecule has 0 amide bonds. The van der Waals surface area contributed by atoms with Crippen LogP contribution in [0.5, 0.6) is 0 Å². The van der Waals surface area contributed by atoms with E-state index in [2.05, 4.69) is 23.2 Å². The van der Waals surface area contributed by atoms with Crippen molar-refractivity contribution in [2.45, 2.75) is 38.8 Å². The van der Waals surface area contributed by atoms with Gasteiger partial charge in [0.15, 0.2) is 0 Å². The molecular weight excluding hydrogens is 227 g/mol. The van der Waals surface area contributed by atoms with Crippen molar-refractivity contribution >= 4 is 5.69 Å². The highest BCUT2D eigenvalue weighted by Gasteiger charge is 2.37. The topological polar surface area (TPSA) is 15.3 Å². The van der Waals surface area contributed by atoms with Crippen molar-refractivity contribution in [1.29, 1.82) is 0 Å². The molecule has 0 aromatic heterocycles. The first kappa shape index (κ1) is 12.0. The quantitative estimate of drug-likeness (QED) is 0.881. The Labute approximate surface area is 108 Å². The molecule has 3 rings (SSSR count). The molecular formula is C15H21FN2. The van der Waals surface area contributed by atoms with E-state index in [0.717, 1.165) is 36.8 Å². The van der Waals surface area contributed by atoms with E-state index < -0.39 is 0 Å². The molecule has 0 spiro atoms. The second kappa shape index (κ2) is 4.88. The maximum absolute atomic E-state index is 13.7. The number of hydrogen-bond acceptors (Lipinski definition) is 2. The Morgan fingerprint density at radius 2 is 2.22 bits per heavy atom. The summed E-state index contributed by atoms with van der Waals surface area (Å²) in [6.07, 6.45) is 3.95. The molecule has 1 N–H and O–H groups in total. The summed E-state index contributed by atoms with van der Waals surface area (Å²) in [4.78, 5) is 2.41. The van der Waals surface area contributed by atoms with Crippen LogP contribution in [0.3, 0.4) is 0 Å². The molecule has 2 aliphatic rings. The van der Waals surface area contributed by atoms with E-state index in [9.17, 15) is 4.39 Å². The molecule has 3 heteroatoms. The Morgan fingerprint density at radius 1 is 1.33 bits per heavy atom. The summed E-state index contributed by atoms with van der Waals surface area (Å²) in [6.45, 7) is 4.86. The van der Waals surface area contributed by atoms with Crippen LogP contribution < -0.4 is 10.2 Å². The number of piperidine rings is 1. The fourth-order valence-corrected chi connectivity index (χ4v) is 3.41. The SMILES string of the molecule is CCNCc1cc(F)cc(N2CC3CCC2C3)c1. The van der Waals surface area contributed by atoms with Gasteiger partial charge in [-0.15, -0.1) is 0 Å². The second-order valence-electron chi connectivity index (χ2n) is 5.58. The Balaban J connectivity index is 1.81. The minimum atomic E-state index is -0.108. The summed E-state index contributed by atoms with van der Waals surface area (Å²) in [6, 6.07) is 6.13. The molecule has 1 aromatic carbocycles. The van der Waals surface area contributed by atoms with Crippen molar-refractivity contribution in [3.8, 4) is 0 Å². The molecule has 1 heterocycles. The fourth-order valence-electron chi connectivity index (χ4n) is 3.41. The number of nitrogens with one attached hydrogen (secondary N) is 1. The smallest absolute Gasteiger partial charge is 0.125 e. The Bertz CT molecular complexity index is 433. The summed E-state index contributed by atoms with van der Waals surface area (Å²) in [5.74, 6) is 0.735. The number of nitrogens with zero attached hydrogens (tertiary/aromatic N) is 1. The largest absolute Gasteiger partial charge is 0.368 e. The van der Waals surface area contributed by atoms with Crippen molar-refractivity contribution in [3.63, 3.8) is 0 Å². The van der Waals surface area contributed by atoms with E-state index in [4.69, 9.17) is 0 Å². The molecule has 98 valence electrons. The van der Waals surface area contributed by atoms with E-state index in [1.807, 2.05) is 0 Å². The standard InChI is InChI=1S/C15H21FN2/c1-2-17-9-12-5-13(16)8-15(7-12)18-10-11-3-4-14(18)6-11/h5,7-8,11,14,17H,2-4,6,9-10H2,1H3. The zero-order chi connectivity index (χ0) is 12.5. The maximum Gasteiger partial charge on any atom is 0.125 e. The molecule has 0 radical (unpaired) electrons. The summed E-state index contributed by atoms with van der Waals surface area (Å²) in [5.41, 5.74) is 2.13. The molecule has 2 unspecified atom stereocenters. The van der Waals surface area contributed by atoms with E-state index in [1.54, 1.807) is 12.1 Å². The first-order valence-electron chi connectivity index (χ1n) is 7.03. The summed E-state index contributed by atoms with van der Waals surface area (Å²) >= 11 is 0. The van der Waals surface area contributed by atoms with E-state index >= 15 is 0 Å².